The fourth-order valence-corrected chi connectivity index (χ4v) is 10.3. The van der Waals surface area contributed by atoms with Crippen molar-refractivity contribution in [3.63, 3.8) is 0 Å². The van der Waals surface area contributed by atoms with E-state index in [9.17, 15) is 0 Å². The quantitative estimate of drug-likeness (QED) is 0.182. The summed E-state index contributed by atoms with van der Waals surface area (Å²) >= 11 is 0. The zero-order valence-corrected chi connectivity index (χ0v) is 25.9. The molecule has 0 radical (unpaired) electrons. The Kier molecular flexibility index (Phi) is 6.03. The predicted octanol–water partition coefficient (Wildman–Crippen LogP) is 9.59. The Morgan fingerprint density at radius 3 is 1.52 bits per heavy atom. The summed E-state index contributed by atoms with van der Waals surface area (Å²) in [6.45, 7) is 0. The van der Waals surface area contributed by atoms with E-state index in [0.717, 1.165) is 49.0 Å². The van der Waals surface area contributed by atoms with Crippen LogP contribution in [-0.4, -0.2) is 0 Å². The van der Waals surface area contributed by atoms with Gasteiger partial charge in [-0.15, -0.1) is 0 Å². The molecule has 0 atom stereocenters. The van der Waals surface area contributed by atoms with Gasteiger partial charge in [0.1, 0.15) is 11.2 Å². The van der Waals surface area contributed by atoms with Gasteiger partial charge in [-0.25, -0.2) is 0 Å². The van der Waals surface area contributed by atoms with Gasteiger partial charge in [0.05, 0.1) is 5.41 Å². The monoisotopic (exact) mass is 608 g/mol. The van der Waals surface area contributed by atoms with Crippen LogP contribution >= 0.6 is 7.14 Å². The maximum Gasteiger partial charge on any atom is 0.171 e. The molecule has 0 bridgehead atoms. The molecule has 8 aromatic rings. The fourth-order valence-electron chi connectivity index (χ4n) is 7.68. The van der Waals surface area contributed by atoms with E-state index in [4.69, 9.17) is 4.42 Å². The molecule has 0 amide bonds. The molecule has 0 N–H and O–H groups in total. The van der Waals surface area contributed by atoms with Gasteiger partial charge in [-0.05, 0) is 33.9 Å². The highest BCUT2D eigenvalue weighted by atomic mass is 31.2. The van der Waals surface area contributed by atoms with E-state index in [-0.39, 0.29) is 0 Å². The first-order valence-corrected chi connectivity index (χ1v) is 17.3. The van der Waals surface area contributed by atoms with Crippen molar-refractivity contribution in [3.8, 4) is 11.1 Å². The number of fused-ring (bicyclic) bond motifs is 6. The topological polar surface area (TPSA) is 30.2 Å². The van der Waals surface area contributed by atoms with Gasteiger partial charge in [0.15, 0.2) is 7.14 Å². The lowest BCUT2D eigenvalue weighted by atomic mass is 9.67. The van der Waals surface area contributed by atoms with Crippen LogP contribution in [0, 0.1) is 0 Å². The molecule has 1 heterocycles. The molecule has 0 saturated heterocycles. The molecule has 1 aliphatic rings. The van der Waals surface area contributed by atoms with Crippen LogP contribution in [0.4, 0.5) is 0 Å². The number of rotatable bonds is 5. The normalized spacial score (nSPS) is 13.5. The first-order valence-electron chi connectivity index (χ1n) is 15.6. The summed E-state index contributed by atoms with van der Waals surface area (Å²) in [6.07, 6.45) is 0. The molecule has 1 aliphatic carbocycles. The molecule has 9 rings (SSSR count). The summed E-state index contributed by atoms with van der Waals surface area (Å²) in [6, 6.07) is 60.5. The second kappa shape index (κ2) is 10.3. The Balaban J connectivity index is 1.35. The average Bonchev–Trinajstić information content (AvgIpc) is 3.66. The van der Waals surface area contributed by atoms with Crippen molar-refractivity contribution >= 4 is 45.0 Å². The van der Waals surface area contributed by atoms with Crippen molar-refractivity contribution < 1.29 is 8.98 Å². The van der Waals surface area contributed by atoms with Gasteiger partial charge < -0.3 is 8.98 Å². The van der Waals surface area contributed by atoms with Crippen molar-refractivity contribution in [3.05, 3.63) is 198 Å². The standard InChI is InChI=1S/C43H29O2P/c44-46(31-14-3-1-4-15-31,32-16-5-2-6-17-32)33-28-26-30(27-29-33)43(38-22-10-7-18-34(38)35-19-8-11-23-39(35)43)40-24-13-21-37-36-20-9-12-25-41(36)45-42(37)40/h1-29H. The molecule has 2 nitrogen and oxygen atoms in total. The number of para-hydroxylation sites is 2. The Morgan fingerprint density at radius 1 is 0.413 bits per heavy atom. The lowest BCUT2D eigenvalue weighted by Gasteiger charge is -2.34. The van der Waals surface area contributed by atoms with Gasteiger partial charge in [0.25, 0.3) is 0 Å². The molecule has 218 valence electrons. The Bertz CT molecular complexity index is 2350. The summed E-state index contributed by atoms with van der Waals surface area (Å²) in [4.78, 5) is 0. The van der Waals surface area contributed by atoms with Gasteiger partial charge in [-0.3, -0.25) is 0 Å². The molecule has 0 saturated carbocycles. The van der Waals surface area contributed by atoms with Crippen LogP contribution in [0.1, 0.15) is 22.3 Å². The van der Waals surface area contributed by atoms with E-state index < -0.39 is 12.6 Å². The van der Waals surface area contributed by atoms with Crippen LogP contribution in [0.15, 0.2) is 180 Å². The van der Waals surface area contributed by atoms with Crippen molar-refractivity contribution in [1.29, 1.82) is 0 Å². The Morgan fingerprint density at radius 2 is 0.891 bits per heavy atom. The van der Waals surface area contributed by atoms with Gasteiger partial charge in [-0.2, -0.15) is 0 Å². The highest BCUT2D eigenvalue weighted by Gasteiger charge is 2.47. The van der Waals surface area contributed by atoms with E-state index in [1.807, 2.05) is 72.8 Å². The van der Waals surface area contributed by atoms with Crippen molar-refractivity contribution in [1.82, 2.24) is 0 Å². The van der Waals surface area contributed by atoms with E-state index in [1.54, 1.807) is 0 Å². The molecule has 7 aromatic carbocycles. The first-order chi connectivity index (χ1) is 22.7. The summed E-state index contributed by atoms with van der Waals surface area (Å²) < 4.78 is 22.0. The van der Waals surface area contributed by atoms with Crippen LogP contribution in [0.5, 0.6) is 0 Å². The Hall–Kier alpha value is -5.43. The number of benzene rings is 7. The third-order valence-corrected chi connectivity index (χ3v) is 12.7. The van der Waals surface area contributed by atoms with Crippen LogP contribution < -0.4 is 15.9 Å². The fraction of sp³-hybridized carbons (Fsp3) is 0.0233. The number of hydrogen-bond acceptors (Lipinski definition) is 2. The molecule has 0 unspecified atom stereocenters. The lowest BCUT2D eigenvalue weighted by molar-refractivity contribution is 0.592. The second-order valence-corrected chi connectivity index (χ2v) is 14.7. The highest BCUT2D eigenvalue weighted by Crippen LogP contribution is 2.57. The molecule has 1 aromatic heterocycles. The zero-order chi connectivity index (χ0) is 30.7. The molecule has 46 heavy (non-hydrogen) atoms. The number of hydrogen-bond donors (Lipinski definition) is 0. The van der Waals surface area contributed by atoms with E-state index >= 15 is 4.57 Å². The summed E-state index contributed by atoms with van der Waals surface area (Å²) in [5, 5.41) is 4.67. The van der Waals surface area contributed by atoms with Crippen LogP contribution in [-0.2, 0) is 9.98 Å². The average molecular weight is 609 g/mol. The number of furan rings is 1. The summed E-state index contributed by atoms with van der Waals surface area (Å²) in [5.41, 5.74) is 8.18. The molecule has 0 fully saturated rings. The van der Waals surface area contributed by atoms with Crippen molar-refractivity contribution in [2.75, 3.05) is 0 Å². The minimum Gasteiger partial charge on any atom is -0.456 e. The van der Waals surface area contributed by atoms with Gasteiger partial charge in [-0.1, -0.05) is 170 Å². The van der Waals surface area contributed by atoms with Crippen molar-refractivity contribution in [2.45, 2.75) is 5.41 Å². The molecule has 0 aliphatic heterocycles. The van der Waals surface area contributed by atoms with E-state index in [0.29, 0.717) is 0 Å². The lowest BCUT2D eigenvalue weighted by Crippen LogP contribution is -2.30. The first kappa shape index (κ1) is 26.9. The second-order valence-electron chi connectivity index (χ2n) is 11.9. The van der Waals surface area contributed by atoms with Crippen LogP contribution in [0.25, 0.3) is 33.1 Å². The smallest absolute Gasteiger partial charge is 0.171 e. The molecular weight excluding hydrogens is 579 g/mol. The van der Waals surface area contributed by atoms with Gasteiger partial charge >= 0.3 is 0 Å². The minimum atomic E-state index is -3.13. The third kappa shape index (κ3) is 3.68. The van der Waals surface area contributed by atoms with E-state index in [2.05, 4.69) is 103 Å². The van der Waals surface area contributed by atoms with E-state index in [1.165, 1.54) is 22.3 Å². The maximum atomic E-state index is 15.3. The predicted molar refractivity (Wildman–Crippen MR) is 190 cm³/mol. The van der Waals surface area contributed by atoms with Gasteiger partial charge in [0, 0.05) is 32.2 Å². The van der Waals surface area contributed by atoms with Crippen molar-refractivity contribution in [2.24, 2.45) is 0 Å². The van der Waals surface area contributed by atoms with Crippen LogP contribution in [0.3, 0.4) is 0 Å². The zero-order valence-electron chi connectivity index (χ0n) is 25.0. The molecule has 0 spiro atoms. The summed E-state index contributed by atoms with van der Waals surface area (Å²) in [7, 11) is -3.13. The Labute approximate surface area is 268 Å². The maximum absolute atomic E-state index is 15.3. The minimum absolute atomic E-state index is 0.650. The highest BCUT2D eigenvalue weighted by molar-refractivity contribution is 7.85. The molecule has 3 heteroatoms. The van der Waals surface area contributed by atoms with Crippen LogP contribution in [0.2, 0.25) is 0 Å². The third-order valence-electron chi connectivity index (χ3n) is 9.66. The summed E-state index contributed by atoms with van der Waals surface area (Å²) in [5.74, 6) is 0. The molecular formula is C43H29O2P. The largest absolute Gasteiger partial charge is 0.456 e. The SMILES string of the molecule is O=P(c1ccccc1)(c1ccccc1)c1ccc(C2(c3cccc4c3oc3ccccc34)c3ccccc3-c3ccccc32)cc1. The van der Waals surface area contributed by atoms with Gasteiger partial charge in [0.2, 0.25) is 0 Å².